The van der Waals surface area contributed by atoms with Crippen molar-refractivity contribution in [3.05, 3.63) is 29.3 Å². The van der Waals surface area contributed by atoms with Gasteiger partial charge in [-0.1, -0.05) is 0 Å². The Morgan fingerprint density at radius 2 is 2.17 bits per heavy atom. The molecule has 1 rings (SSSR count). The van der Waals surface area contributed by atoms with Gasteiger partial charge < -0.3 is 0 Å². The number of rotatable bonds is 4. The Morgan fingerprint density at radius 1 is 1.50 bits per heavy atom. The quantitative estimate of drug-likeness (QED) is 0.837. The zero-order chi connectivity index (χ0) is 13.8. The van der Waals surface area contributed by atoms with E-state index in [0.29, 0.717) is 17.5 Å². The first-order valence-electron chi connectivity index (χ1n) is 5.37. The molecule has 0 spiro atoms. The van der Waals surface area contributed by atoms with Gasteiger partial charge in [-0.3, -0.25) is 0 Å². The van der Waals surface area contributed by atoms with E-state index in [1.54, 1.807) is 19.9 Å². The number of nitriles is 1. The van der Waals surface area contributed by atoms with Crippen LogP contribution in [0, 0.1) is 30.6 Å². The van der Waals surface area contributed by atoms with Crippen LogP contribution >= 0.6 is 0 Å². The second kappa shape index (κ2) is 5.68. The van der Waals surface area contributed by atoms with E-state index in [2.05, 4.69) is 10.6 Å². The first-order chi connectivity index (χ1) is 8.40. The van der Waals surface area contributed by atoms with E-state index in [4.69, 9.17) is 11.7 Å². The summed E-state index contributed by atoms with van der Waals surface area (Å²) in [5, 5.41) is 8.73. The molecule has 5 heteroatoms. The minimum Gasteiger partial charge on any atom is -0.207 e. The highest BCUT2D eigenvalue weighted by Gasteiger charge is 2.19. The summed E-state index contributed by atoms with van der Waals surface area (Å²) in [5.41, 5.74) is 0.970. The zero-order valence-electron chi connectivity index (χ0n) is 10.3. The molecule has 1 unspecified atom stereocenters. The van der Waals surface area contributed by atoms with Gasteiger partial charge in [-0.05, 0) is 37.6 Å². The minimum atomic E-state index is -3.59. The van der Waals surface area contributed by atoms with Crippen LogP contribution in [-0.2, 0) is 10.0 Å². The average Bonchev–Trinajstić information content (AvgIpc) is 2.27. The molecule has 0 heterocycles. The molecule has 0 aliphatic rings. The molecule has 0 radical (unpaired) electrons. The lowest BCUT2D eigenvalue weighted by molar-refractivity contribution is 0.563. The molecule has 0 aliphatic carbocycles. The number of nitrogens with one attached hydrogen (secondary N) is 1. The largest absolute Gasteiger partial charge is 0.241 e. The molecule has 1 aromatic rings. The number of hydrogen-bond acceptors (Lipinski definition) is 3. The summed E-state index contributed by atoms with van der Waals surface area (Å²) in [6, 6.07) is 6.09. The molecule has 4 nitrogen and oxygen atoms in total. The normalized spacial score (nSPS) is 12.4. The topological polar surface area (TPSA) is 70.0 Å². The van der Waals surface area contributed by atoms with Crippen LogP contribution in [0.3, 0.4) is 0 Å². The fraction of sp³-hybridized carbons (Fsp3) is 0.308. The van der Waals surface area contributed by atoms with Crippen LogP contribution < -0.4 is 4.72 Å². The third-order valence-electron chi connectivity index (χ3n) is 2.37. The third-order valence-corrected chi connectivity index (χ3v) is 4.12. The fourth-order valence-corrected chi connectivity index (χ4v) is 3.04. The predicted molar refractivity (Wildman–Crippen MR) is 69.1 cm³/mol. The van der Waals surface area contributed by atoms with Crippen LogP contribution in [0.25, 0.3) is 0 Å². The van der Waals surface area contributed by atoms with Crippen LogP contribution in [0.15, 0.2) is 23.1 Å². The lowest BCUT2D eigenvalue weighted by Crippen LogP contribution is -2.32. The number of sulfonamides is 1. The Labute approximate surface area is 108 Å². The summed E-state index contributed by atoms with van der Waals surface area (Å²) in [6.45, 7) is 3.36. The summed E-state index contributed by atoms with van der Waals surface area (Å²) in [5.74, 6) is 2.40. The second-order valence-corrected chi connectivity index (χ2v) is 5.71. The van der Waals surface area contributed by atoms with Crippen molar-refractivity contribution in [2.24, 2.45) is 0 Å². The summed E-state index contributed by atoms with van der Waals surface area (Å²) >= 11 is 0. The van der Waals surface area contributed by atoms with Crippen molar-refractivity contribution in [1.29, 1.82) is 5.26 Å². The monoisotopic (exact) mass is 262 g/mol. The molecule has 1 aromatic carbocycles. The fourth-order valence-electron chi connectivity index (χ4n) is 1.57. The second-order valence-electron chi connectivity index (χ2n) is 4.02. The molecular weight excluding hydrogens is 248 g/mol. The number of nitrogens with zero attached hydrogens (tertiary/aromatic N) is 1. The van der Waals surface area contributed by atoms with E-state index < -0.39 is 10.0 Å². The van der Waals surface area contributed by atoms with Crippen LogP contribution in [0.2, 0.25) is 0 Å². The highest BCUT2D eigenvalue weighted by molar-refractivity contribution is 7.89. The van der Waals surface area contributed by atoms with Crippen LogP contribution in [0.1, 0.15) is 24.5 Å². The predicted octanol–water partition coefficient (Wildman–Crippen LogP) is 1.56. The Kier molecular flexibility index (Phi) is 4.49. The molecular formula is C13H14N2O2S. The molecule has 1 atom stereocenters. The smallest absolute Gasteiger partial charge is 0.207 e. The van der Waals surface area contributed by atoms with Gasteiger partial charge in [0, 0.05) is 12.5 Å². The molecule has 0 aromatic heterocycles. The van der Waals surface area contributed by atoms with Crippen LogP contribution in [0.4, 0.5) is 0 Å². The molecule has 0 fully saturated rings. The van der Waals surface area contributed by atoms with Gasteiger partial charge in [0.1, 0.15) is 0 Å². The first kappa shape index (κ1) is 14.2. The van der Waals surface area contributed by atoms with E-state index in [1.807, 2.05) is 6.07 Å². The molecule has 0 amide bonds. The van der Waals surface area contributed by atoms with Crippen molar-refractivity contribution in [3.63, 3.8) is 0 Å². The maximum Gasteiger partial charge on any atom is 0.241 e. The summed E-state index contributed by atoms with van der Waals surface area (Å²) in [6.07, 6.45) is 5.46. The SMILES string of the molecule is C#CCC(C)NS(=O)(=O)c1ccc(C#N)cc1C. The van der Waals surface area contributed by atoms with Crippen molar-refractivity contribution in [1.82, 2.24) is 4.72 Å². The van der Waals surface area contributed by atoms with Crippen molar-refractivity contribution in [2.75, 3.05) is 0 Å². The maximum absolute atomic E-state index is 12.1. The summed E-state index contributed by atoms with van der Waals surface area (Å²) in [7, 11) is -3.59. The lowest BCUT2D eigenvalue weighted by Gasteiger charge is -2.13. The van der Waals surface area contributed by atoms with E-state index in [1.165, 1.54) is 12.1 Å². The van der Waals surface area contributed by atoms with Crippen LogP contribution in [-0.4, -0.2) is 14.5 Å². The number of aryl methyl sites for hydroxylation is 1. The zero-order valence-corrected chi connectivity index (χ0v) is 11.1. The van der Waals surface area contributed by atoms with E-state index in [-0.39, 0.29) is 10.9 Å². The molecule has 0 bridgehead atoms. The minimum absolute atomic E-state index is 0.172. The van der Waals surface area contributed by atoms with Crippen molar-refractivity contribution in [2.45, 2.75) is 31.2 Å². The number of terminal acetylenes is 1. The van der Waals surface area contributed by atoms with Crippen molar-refractivity contribution in [3.8, 4) is 18.4 Å². The molecule has 0 aliphatic heterocycles. The van der Waals surface area contributed by atoms with Crippen LogP contribution in [0.5, 0.6) is 0 Å². The molecule has 94 valence electrons. The molecule has 1 N–H and O–H groups in total. The molecule has 0 saturated heterocycles. The Hall–Kier alpha value is -1.82. The van der Waals surface area contributed by atoms with E-state index in [9.17, 15) is 8.42 Å². The van der Waals surface area contributed by atoms with Gasteiger partial charge in [-0.25, -0.2) is 13.1 Å². The van der Waals surface area contributed by atoms with Gasteiger partial charge in [-0.15, -0.1) is 12.3 Å². The van der Waals surface area contributed by atoms with Crippen molar-refractivity contribution < 1.29 is 8.42 Å². The Morgan fingerprint density at radius 3 is 2.67 bits per heavy atom. The van der Waals surface area contributed by atoms with Gasteiger partial charge in [-0.2, -0.15) is 5.26 Å². The van der Waals surface area contributed by atoms with Gasteiger partial charge in [0.2, 0.25) is 10.0 Å². The standard InChI is InChI=1S/C13H14N2O2S/c1-4-5-11(3)15-18(16,17)13-7-6-12(9-14)8-10(13)2/h1,6-8,11,15H,5H2,2-3H3. The maximum atomic E-state index is 12.1. The van der Waals surface area contributed by atoms with Gasteiger partial charge >= 0.3 is 0 Å². The van der Waals surface area contributed by atoms with Crippen molar-refractivity contribution >= 4 is 10.0 Å². The number of benzene rings is 1. The third kappa shape index (κ3) is 3.33. The summed E-state index contributed by atoms with van der Waals surface area (Å²) in [4.78, 5) is 0.172. The Bertz CT molecular complexity index is 621. The number of hydrogen-bond donors (Lipinski definition) is 1. The highest BCUT2D eigenvalue weighted by Crippen LogP contribution is 2.16. The summed E-state index contributed by atoms with van der Waals surface area (Å²) < 4.78 is 26.6. The molecule has 18 heavy (non-hydrogen) atoms. The van der Waals surface area contributed by atoms with Gasteiger partial charge in [0.15, 0.2) is 0 Å². The average molecular weight is 262 g/mol. The highest BCUT2D eigenvalue weighted by atomic mass is 32.2. The van der Waals surface area contributed by atoms with E-state index in [0.717, 1.165) is 0 Å². The first-order valence-corrected chi connectivity index (χ1v) is 6.85. The molecule has 0 saturated carbocycles. The van der Waals surface area contributed by atoms with E-state index >= 15 is 0 Å². The lowest BCUT2D eigenvalue weighted by atomic mass is 10.2. The van der Waals surface area contributed by atoms with Gasteiger partial charge in [0.05, 0.1) is 16.5 Å². The van der Waals surface area contributed by atoms with Gasteiger partial charge in [0.25, 0.3) is 0 Å². The Balaban J connectivity index is 3.07.